The lowest BCUT2D eigenvalue weighted by molar-refractivity contribution is 0.476. The van der Waals surface area contributed by atoms with Crippen LogP contribution in [0.3, 0.4) is 0 Å². The molecule has 14 heavy (non-hydrogen) atoms. The van der Waals surface area contributed by atoms with Crippen molar-refractivity contribution >= 4 is 23.2 Å². The van der Waals surface area contributed by atoms with Crippen LogP contribution in [-0.2, 0) is 5.41 Å². The van der Waals surface area contributed by atoms with Gasteiger partial charge in [0.05, 0.1) is 0 Å². The van der Waals surface area contributed by atoms with Crippen molar-refractivity contribution < 1.29 is 0 Å². The smallest absolute Gasteiger partial charge is 0.155 e. The maximum Gasteiger partial charge on any atom is 0.155 e. The second-order valence-electron chi connectivity index (χ2n) is 3.68. The Labute approximate surface area is 94.6 Å². The maximum absolute atomic E-state index is 5.99. The van der Waals surface area contributed by atoms with Crippen LogP contribution in [0.15, 0.2) is 12.3 Å². The third-order valence-corrected chi connectivity index (χ3v) is 3.29. The summed E-state index contributed by atoms with van der Waals surface area (Å²) in [5, 5.41) is 8.02. The Morgan fingerprint density at radius 2 is 2.21 bits per heavy atom. The van der Waals surface area contributed by atoms with E-state index in [2.05, 4.69) is 24.0 Å². The van der Waals surface area contributed by atoms with Crippen molar-refractivity contribution in [2.75, 3.05) is 5.88 Å². The minimum absolute atomic E-state index is 0.0939. The normalized spacial score (nSPS) is 15.1. The van der Waals surface area contributed by atoms with Crippen molar-refractivity contribution in [3.63, 3.8) is 0 Å². The van der Waals surface area contributed by atoms with E-state index in [1.54, 1.807) is 6.20 Å². The van der Waals surface area contributed by atoms with Crippen molar-refractivity contribution in [3.05, 3.63) is 23.0 Å². The van der Waals surface area contributed by atoms with Crippen molar-refractivity contribution in [1.29, 1.82) is 0 Å². The largest absolute Gasteiger partial charge is 0.158 e. The molecule has 0 aliphatic heterocycles. The number of alkyl halides is 1. The highest BCUT2D eigenvalue weighted by molar-refractivity contribution is 6.30. The summed E-state index contributed by atoms with van der Waals surface area (Å²) in [6, 6.07) is 1.90. The van der Waals surface area contributed by atoms with Gasteiger partial charge in [-0.2, -0.15) is 5.10 Å². The molecule has 0 aromatic carbocycles. The second-order valence-corrected chi connectivity index (χ2v) is 4.31. The number of hydrogen-bond donors (Lipinski definition) is 0. The molecule has 0 aliphatic rings. The highest BCUT2D eigenvalue weighted by Gasteiger charge is 2.27. The molecule has 1 rings (SSSR count). The first kappa shape index (κ1) is 11.7. The van der Waals surface area contributed by atoms with E-state index in [9.17, 15) is 0 Å². The van der Waals surface area contributed by atoms with Crippen LogP contribution in [0.25, 0.3) is 0 Å². The first-order chi connectivity index (χ1) is 6.64. The lowest BCUT2D eigenvalue weighted by Crippen LogP contribution is -2.24. The molecule has 1 atom stereocenters. The third kappa shape index (κ3) is 2.37. The molecule has 1 unspecified atom stereocenters. The lowest BCUT2D eigenvalue weighted by atomic mass is 9.81. The summed E-state index contributed by atoms with van der Waals surface area (Å²) in [6.07, 6.45) is 3.73. The van der Waals surface area contributed by atoms with Crippen LogP contribution in [0.2, 0.25) is 5.15 Å². The van der Waals surface area contributed by atoms with E-state index in [0.29, 0.717) is 11.0 Å². The number of halogens is 2. The van der Waals surface area contributed by atoms with Gasteiger partial charge in [0.25, 0.3) is 0 Å². The molecule has 78 valence electrons. The van der Waals surface area contributed by atoms with Crippen LogP contribution in [0.4, 0.5) is 0 Å². The molecule has 2 nitrogen and oxygen atoms in total. The van der Waals surface area contributed by atoms with Crippen LogP contribution < -0.4 is 0 Å². The van der Waals surface area contributed by atoms with E-state index in [4.69, 9.17) is 23.2 Å². The first-order valence-electron chi connectivity index (χ1n) is 4.67. The van der Waals surface area contributed by atoms with Crippen LogP contribution in [0, 0.1) is 0 Å². The molecule has 0 amide bonds. The Morgan fingerprint density at radius 3 is 2.71 bits per heavy atom. The topological polar surface area (TPSA) is 25.8 Å². The Hall–Kier alpha value is -0.340. The molecular formula is C10H14Cl2N2. The fraction of sp³-hybridized carbons (Fsp3) is 0.600. The monoisotopic (exact) mass is 232 g/mol. The van der Waals surface area contributed by atoms with Crippen molar-refractivity contribution in [2.45, 2.75) is 32.1 Å². The Morgan fingerprint density at radius 1 is 1.50 bits per heavy atom. The molecule has 1 aromatic rings. The average molecular weight is 233 g/mol. The summed E-state index contributed by atoms with van der Waals surface area (Å²) in [5.41, 5.74) is 0.898. The molecule has 1 heterocycles. The highest BCUT2D eigenvalue weighted by atomic mass is 35.5. The Balaban J connectivity index is 3.05. The Bertz CT molecular complexity index is 304. The van der Waals surface area contributed by atoms with Gasteiger partial charge in [0.15, 0.2) is 5.15 Å². The van der Waals surface area contributed by atoms with Gasteiger partial charge in [-0.15, -0.1) is 16.7 Å². The van der Waals surface area contributed by atoms with E-state index < -0.39 is 0 Å². The van der Waals surface area contributed by atoms with Gasteiger partial charge in [-0.3, -0.25) is 0 Å². The SMILES string of the molecule is CCCC(C)(CCl)c1ccnnc1Cl. The van der Waals surface area contributed by atoms with E-state index in [-0.39, 0.29) is 5.41 Å². The number of rotatable bonds is 4. The maximum atomic E-state index is 5.99. The summed E-state index contributed by atoms with van der Waals surface area (Å²) in [6.45, 7) is 4.24. The zero-order valence-corrected chi connectivity index (χ0v) is 9.94. The van der Waals surface area contributed by atoms with Crippen LogP contribution >= 0.6 is 23.2 Å². The molecule has 0 spiro atoms. The second kappa shape index (κ2) is 4.94. The van der Waals surface area contributed by atoms with Gasteiger partial charge < -0.3 is 0 Å². The fourth-order valence-corrected chi connectivity index (χ4v) is 2.20. The quantitative estimate of drug-likeness (QED) is 0.744. The third-order valence-electron chi connectivity index (χ3n) is 2.42. The number of hydrogen-bond acceptors (Lipinski definition) is 2. The van der Waals surface area contributed by atoms with Gasteiger partial charge in [-0.1, -0.05) is 31.9 Å². The van der Waals surface area contributed by atoms with Crippen LogP contribution in [0.1, 0.15) is 32.3 Å². The van der Waals surface area contributed by atoms with Crippen molar-refractivity contribution in [1.82, 2.24) is 10.2 Å². The first-order valence-corrected chi connectivity index (χ1v) is 5.59. The van der Waals surface area contributed by atoms with Gasteiger partial charge in [0.2, 0.25) is 0 Å². The molecule has 0 fully saturated rings. The molecule has 0 bridgehead atoms. The summed E-state index contributed by atoms with van der Waals surface area (Å²) < 4.78 is 0. The molecule has 4 heteroatoms. The van der Waals surface area contributed by atoms with E-state index in [0.717, 1.165) is 18.4 Å². The highest BCUT2D eigenvalue weighted by Crippen LogP contribution is 2.33. The van der Waals surface area contributed by atoms with Gasteiger partial charge in [-0.05, 0) is 12.5 Å². The van der Waals surface area contributed by atoms with E-state index in [1.165, 1.54) is 0 Å². The Kier molecular flexibility index (Phi) is 4.14. The van der Waals surface area contributed by atoms with E-state index in [1.807, 2.05) is 6.07 Å². The average Bonchev–Trinajstić information content (AvgIpc) is 2.18. The molecular weight excluding hydrogens is 219 g/mol. The summed E-state index contributed by atoms with van der Waals surface area (Å²) in [5.74, 6) is 0.548. The van der Waals surface area contributed by atoms with Crippen molar-refractivity contribution in [3.8, 4) is 0 Å². The molecule has 0 radical (unpaired) electrons. The van der Waals surface area contributed by atoms with Gasteiger partial charge in [0, 0.05) is 23.1 Å². The molecule has 0 N–H and O–H groups in total. The molecule has 0 aliphatic carbocycles. The predicted octanol–water partition coefficient (Wildman–Crippen LogP) is 3.43. The van der Waals surface area contributed by atoms with Crippen molar-refractivity contribution in [2.24, 2.45) is 0 Å². The summed E-state index contributed by atoms with van der Waals surface area (Å²) >= 11 is 12.0. The zero-order valence-electron chi connectivity index (χ0n) is 8.43. The summed E-state index contributed by atoms with van der Waals surface area (Å²) in [4.78, 5) is 0. The number of nitrogens with zero attached hydrogens (tertiary/aromatic N) is 2. The molecule has 0 saturated carbocycles. The standard InChI is InChI=1S/C10H14Cl2N2/c1-3-5-10(2,7-11)8-4-6-13-14-9(8)12/h4,6H,3,5,7H2,1-2H3. The number of aromatic nitrogens is 2. The molecule has 0 saturated heterocycles. The van der Waals surface area contributed by atoms with Gasteiger partial charge in [0.1, 0.15) is 0 Å². The minimum Gasteiger partial charge on any atom is -0.158 e. The van der Waals surface area contributed by atoms with Crippen LogP contribution in [-0.4, -0.2) is 16.1 Å². The summed E-state index contributed by atoms with van der Waals surface area (Å²) in [7, 11) is 0. The molecule has 1 aromatic heterocycles. The van der Waals surface area contributed by atoms with E-state index >= 15 is 0 Å². The predicted molar refractivity (Wildman–Crippen MR) is 60.0 cm³/mol. The minimum atomic E-state index is -0.0939. The van der Waals surface area contributed by atoms with Crippen LogP contribution in [0.5, 0.6) is 0 Å². The zero-order chi connectivity index (χ0) is 10.6. The fourth-order valence-electron chi connectivity index (χ4n) is 1.59. The lowest BCUT2D eigenvalue weighted by Gasteiger charge is -2.27. The van der Waals surface area contributed by atoms with Gasteiger partial charge in [-0.25, -0.2) is 0 Å². The van der Waals surface area contributed by atoms with Gasteiger partial charge >= 0.3 is 0 Å².